The fraction of sp³-hybridized carbons (Fsp3) is 0.588. The van der Waals surface area contributed by atoms with Gasteiger partial charge in [-0.25, -0.2) is 0 Å². The average Bonchev–Trinajstić information content (AvgIpc) is 2.51. The Morgan fingerprint density at radius 2 is 1.91 bits per heavy atom. The quantitative estimate of drug-likeness (QED) is 0.465. The number of aryl methyl sites for hydroxylation is 1. The average molecular weight is 417 g/mol. The maximum absolute atomic E-state index is 5.70. The molecule has 0 radical (unpaired) electrons. The van der Waals surface area contributed by atoms with Crippen LogP contribution in [-0.2, 0) is 11.3 Å². The van der Waals surface area contributed by atoms with E-state index in [2.05, 4.69) is 53.3 Å². The molecule has 1 aliphatic rings. The highest BCUT2D eigenvalue weighted by Crippen LogP contribution is 2.14. The monoisotopic (exact) mass is 417 g/mol. The number of hydrogen-bond donors (Lipinski definition) is 1. The van der Waals surface area contributed by atoms with Gasteiger partial charge < -0.3 is 15.0 Å². The van der Waals surface area contributed by atoms with Crippen LogP contribution >= 0.6 is 24.0 Å². The molecule has 0 bridgehead atoms. The molecule has 124 valence electrons. The number of ether oxygens (including phenoxy) is 1. The smallest absolute Gasteiger partial charge is 0.193 e. The molecule has 0 spiro atoms. The van der Waals surface area contributed by atoms with Crippen LogP contribution in [-0.4, -0.2) is 43.7 Å². The fourth-order valence-corrected chi connectivity index (χ4v) is 2.69. The number of hydrogen-bond acceptors (Lipinski definition) is 2. The molecule has 1 heterocycles. The molecule has 1 aromatic rings. The highest BCUT2D eigenvalue weighted by molar-refractivity contribution is 14.0. The van der Waals surface area contributed by atoms with Crippen molar-refractivity contribution in [2.24, 2.45) is 4.99 Å². The number of rotatable bonds is 4. The summed E-state index contributed by atoms with van der Waals surface area (Å²) in [6.07, 6.45) is 2.58. The van der Waals surface area contributed by atoms with E-state index in [4.69, 9.17) is 4.74 Å². The predicted octanol–water partition coefficient (Wildman–Crippen LogP) is 3.19. The zero-order valence-corrected chi connectivity index (χ0v) is 16.2. The number of benzene rings is 1. The van der Waals surface area contributed by atoms with Gasteiger partial charge in [0.05, 0.1) is 6.10 Å². The van der Waals surface area contributed by atoms with E-state index in [1.54, 1.807) is 0 Å². The Morgan fingerprint density at radius 1 is 1.27 bits per heavy atom. The lowest BCUT2D eigenvalue weighted by Gasteiger charge is -2.34. The first-order valence-electron chi connectivity index (χ1n) is 7.85. The number of likely N-dealkylation sites (tertiary alicyclic amines) is 1. The van der Waals surface area contributed by atoms with Crippen molar-refractivity contribution in [2.75, 3.05) is 26.7 Å². The highest BCUT2D eigenvalue weighted by Gasteiger charge is 2.21. The molecule has 0 atom stereocenters. The van der Waals surface area contributed by atoms with Gasteiger partial charge >= 0.3 is 0 Å². The zero-order valence-electron chi connectivity index (χ0n) is 13.8. The van der Waals surface area contributed by atoms with Crippen molar-refractivity contribution in [3.8, 4) is 0 Å². The Kier molecular flexibility index (Phi) is 8.78. The first kappa shape index (κ1) is 19.2. The van der Waals surface area contributed by atoms with Crippen LogP contribution in [0.4, 0.5) is 0 Å². The van der Waals surface area contributed by atoms with Crippen LogP contribution in [0.2, 0.25) is 0 Å². The van der Waals surface area contributed by atoms with Crippen LogP contribution < -0.4 is 5.32 Å². The minimum Gasteiger partial charge on any atom is -0.378 e. The van der Waals surface area contributed by atoms with Gasteiger partial charge in [-0.15, -0.1) is 24.0 Å². The summed E-state index contributed by atoms with van der Waals surface area (Å²) in [7, 11) is 1.85. The van der Waals surface area contributed by atoms with Gasteiger partial charge in [-0.1, -0.05) is 29.8 Å². The summed E-state index contributed by atoms with van der Waals surface area (Å²) in [5, 5.41) is 3.46. The second kappa shape index (κ2) is 10.0. The largest absolute Gasteiger partial charge is 0.378 e. The van der Waals surface area contributed by atoms with Gasteiger partial charge in [-0.3, -0.25) is 4.99 Å². The maximum atomic E-state index is 5.70. The van der Waals surface area contributed by atoms with Crippen molar-refractivity contribution in [1.29, 1.82) is 0 Å². The lowest BCUT2D eigenvalue weighted by molar-refractivity contribution is 0.0263. The molecular weight excluding hydrogens is 389 g/mol. The van der Waals surface area contributed by atoms with Crippen LogP contribution in [0.1, 0.15) is 30.9 Å². The predicted molar refractivity (Wildman–Crippen MR) is 103 cm³/mol. The van der Waals surface area contributed by atoms with Crippen molar-refractivity contribution in [3.05, 3.63) is 35.4 Å². The first-order chi connectivity index (χ1) is 10.2. The molecular formula is C17H28IN3O. The topological polar surface area (TPSA) is 36.9 Å². The van der Waals surface area contributed by atoms with E-state index in [-0.39, 0.29) is 24.0 Å². The molecule has 0 aromatic heterocycles. The maximum Gasteiger partial charge on any atom is 0.193 e. The van der Waals surface area contributed by atoms with E-state index >= 15 is 0 Å². The van der Waals surface area contributed by atoms with E-state index in [9.17, 15) is 0 Å². The minimum absolute atomic E-state index is 0. The lowest BCUT2D eigenvalue weighted by Crippen LogP contribution is -2.46. The molecule has 1 aliphatic heterocycles. The molecule has 22 heavy (non-hydrogen) atoms. The highest BCUT2D eigenvalue weighted by atomic mass is 127. The van der Waals surface area contributed by atoms with E-state index in [0.717, 1.165) is 45.0 Å². The van der Waals surface area contributed by atoms with Crippen molar-refractivity contribution in [2.45, 2.75) is 39.3 Å². The number of halogens is 1. The molecule has 1 fully saturated rings. The summed E-state index contributed by atoms with van der Waals surface area (Å²) in [4.78, 5) is 6.73. The molecule has 0 amide bonds. The number of guanidine groups is 1. The van der Waals surface area contributed by atoms with Crippen LogP contribution in [0.5, 0.6) is 0 Å². The molecule has 4 nitrogen and oxygen atoms in total. The minimum atomic E-state index is 0. The summed E-state index contributed by atoms with van der Waals surface area (Å²) < 4.78 is 5.70. The van der Waals surface area contributed by atoms with Gasteiger partial charge in [0, 0.05) is 33.3 Å². The molecule has 2 rings (SSSR count). The Labute approximate surface area is 151 Å². The number of nitrogens with zero attached hydrogens (tertiary/aromatic N) is 2. The van der Waals surface area contributed by atoms with Crippen molar-refractivity contribution >= 4 is 29.9 Å². The molecule has 0 saturated carbocycles. The van der Waals surface area contributed by atoms with Crippen LogP contribution in [0, 0.1) is 6.92 Å². The molecule has 5 heteroatoms. The summed E-state index contributed by atoms with van der Waals surface area (Å²) in [6, 6.07) is 8.62. The summed E-state index contributed by atoms with van der Waals surface area (Å²) >= 11 is 0. The lowest BCUT2D eigenvalue weighted by atomic mass is 10.1. The number of piperidine rings is 1. The summed E-state index contributed by atoms with van der Waals surface area (Å²) in [6.45, 7) is 7.83. The van der Waals surface area contributed by atoms with Gasteiger partial charge in [-0.05, 0) is 32.3 Å². The van der Waals surface area contributed by atoms with Gasteiger partial charge in [0.15, 0.2) is 5.96 Å². The van der Waals surface area contributed by atoms with Gasteiger partial charge in [0.25, 0.3) is 0 Å². The SMILES string of the molecule is CCOC1CCN(C(=NC)NCc2ccc(C)cc2)CC1.I. The van der Waals surface area contributed by atoms with Crippen molar-refractivity contribution < 1.29 is 4.74 Å². The molecule has 1 saturated heterocycles. The number of nitrogens with one attached hydrogen (secondary N) is 1. The normalized spacial score (nSPS) is 16.3. The van der Waals surface area contributed by atoms with Crippen molar-refractivity contribution in [3.63, 3.8) is 0 Å². The van der Waals surface area contributed by atoms with Gasteiger partial charge in [0.1, 0.15) is 0 Å². The van der Waals surface area contributed by atoms with E-state index in [1.165, 1.54) is 11.1 Å². The molecule has 1 aromatic carbocycles. The Hall–Kier alpha value is -0.820. The molecule has 0 aliphatic carbocycles. The summed E-state index contributed by atoms with van der Waals surface area (Å²) in [5.74, 6) is 0.991. The number of aliphatic imine (C=N–C) groups is 1. The van der Waals surface area contributed by atoms with Gasteiger partial charge in [-0.2, -0.15) is 0 Å². The van der Waals surface area contributed by atoms with E-state index in [1.807, 2.05) is 7.05 Å². The molecule has 0 unspecified atom stereocenters. The third-order valence-corrected chi connectivity index (χ3v) is 3.93. The molecule has 1 N–H and O–H groups in total. The Bertz CT molecular complexity index is 453. The second-order valence-corrected chi connectivity index (χ2v) is 5.53. The van der Waals surface area contributed by atoms with Crippen molar-refractivity contribution in [1.82, 2.24) is 10.2 Å². The van der Waals surface area contributed by atoms with Crippen LogP contribution in [0.15, 0.2) is 29.3 Å². The Balaban J connectivity index is 0.00000242. The third-order valence-electron chi connectivity index (χ3n) is 3.93. The van der Waals surface area contributed by atoms with Gasteiger partial charge in [0.2, 0.25) is 0 Å². The van der Waals surface area contributed by atoms with E-state index in [0.29, 0.717) is 6.10 Å². The first-order valence-corrected chi connectivity index (χ1v) is 7.85. The summed E-state index contributed by atoms with van der Waals surface area (Å²) in [5.41, 5.74) is 2.58. The standard InChI is InChI=1S/C17H27N3O.HI/c1-4-21-16-9-11-20(12-10-16)17(18-3)19-13-15-7-5-14(2)6-8-15;/h5-8,16H,4,9-13H2,1-3H3,(H,18,19);1H. The van der Waals surface area contributed by atoms with Crippen LogP contribution in [0.3, 0.4) is 0 Å². The van der Waals surface area contributed by atoms with Crippen LogP contribution in [0.25, 0.3) is 0 Å². The Morgan fingerprint density at radius 3 is 2.45 bits per heavy atom. The van der Waals surface area contributed by atoms with E-state index < -0.39 is 0 Å². The zero-order chi connectivity index (χ0) is 15.1. The second-order valence-electron chi connectivity index (χ2n) is 5.53. The third kappa shape index (κ3) is 5.76. The fourth-order valence-electron chi connectivity index (χ4n) is 2.69.